The Morgan fingerprint density at radius 3 is 3.00 bits per heavy atom. The predicted molar refractivity (Wildman–Crippen MR) is 71.7 cm³/mol. The Kier molecular flexibility index (Phi) is 7.14. The first-order valence-electron chi connectivity index (χ1n) is 5.38. The van der Waals surface area contributed by atoms with E-state index in [1.165, 1.54) is 11.8 Å². The second kappa shape index (κ2) is 8.39. The third kappa shape index (κ3) is 5.74. The zero-order chi connectivity index (χ0) is 13.4. The van der Waals surface area contributed by atoms with Crippen molar-refractivity contribution in [2.75, 3.05) is 25.7 Å². The lowest BCUT2D eigenvalue weighted by Crippen LogP contribution is -2.36. The van der Waals surface area contributed by atoms with Crippen molar-refractivity contribution < 1.29 is 13.9 Å². The van der Waals surface area contributed by atoms with Crippen molar-refractivity contribution in [3.8, 4) is 0 Å². The summed E-state index contributed by atoms with van der Waals surface area (Å²) < 4.78 is 10.3. The van der Waals surface area contributed by atoms with Crippen LogP contribution in [0.4, 0.5) is 0 Å². The molecule has 1 unspecified atom stereocenters. The molecule has 0 aromatic carbocycles. The molecule has 8 heteroatoms. The number of hydrogen-bond donors (Lipinski definition) is 1. The van der Waals surface area contributed by atoms with Gasteiger partial charge in [0.2, 0.25) is 11.8 Å². The van der Waals surface area contributed by atoms with Gasteiger partial charge in [-0.3, -0.25) is 4.79 Å². The lowest BCUT2D eigenvalue weighted by molar-refractivity contribution is -0.119. The van der Waals surface area contributed by atoms with Gasteiger partial charge in [0.15, 0.2) is 0 Å². The van der Waals surface area contributed by atoms with E-state index in [2.05, 4.69) is 15.5 Å². The Labute approximate surface area is 115 Å². The van der Waals surface area contributed by atoms with Crippen molar-refractivity contribution in [1.82, 2.24) is 15.5 Å². The van der Waals surface area contributed by atoms with E-state index < -0.39 is 0 Å². The van der Waals surface area contributed by atoms with Crippen LogP contribution in [0.1, 0.15) is 12.8 Å². The van der Waals surface area contributed by atoms with Gasteiger partial charge >= 0.3 is 0 Å². The third-order valence-electron chi connectivity index (χ3n) is 1.87. The van der Waals surface area contributed by atoms with E-state index in [9.17, 15) is 4.79 Å². The molecular weight excluding hydrogens is 274 g/mol. The van der Waals surface area contributed by atoms with Gasteiger partial charge in [-0.05, 0) is 13.2 Å². The number of rotatable bonds is 8. The summed E-state index contributed by atoms with van der Waals surface area (Å²) in [7, 11) is 1.60. The van der Waals surface area contributed by atoms with E-state index in [1.807, 2.05) is 13.2 Å². The van der Waals surface area contributed by atoms with Gasteiger partial charge in [0, 0.05) is 13.2 Å². The van der Waals surface area contributed by atoms with Crippen LogP contribution in [0.2, 0.25) is 0 Å². The molecule has 1 aromatic rings. The van der Waals surface area contributed by atoms with E-state index in [-0.39, 0.29) is 17.7 Å². The first-order chi connectivity index (χ1) is 8.65. The second-order valence-electron chi connectivity index (χ2n) is 3.61. The number of nitrogens with zero attached hydrogens (tertiary/aromatic N) is 2. The minimum Gasteiger partial charge on any atom is -0.415 e. The zero-order valence-electron chi connectivity index (χ0n) is 10.6. The summed E-state index contributed by atoms with van der Waals surface area (Å²) in [6.45, 7) is 2.38. The minimum atomic E-state index is -0.0748. The molecule has 0 saturated heterocycles. The number of amides is 1. The van der Waals surface area contributed by atoms with Gasteiger partial charge in [-0.15, -0.1) is 10.2 Å². The molecule has 1 N–H and O–H groups in total. The van der Waals surface area contributed by atoms with Crippen LogP contribution in [0.5, 0.6) is 0 Å². The fraction of sp³-hybridized carbons (Fsp3) is 0.700. The highest BCUT2D eigenvalue weighted by Gasteiger charge is 2.11. The largest absolute Gasteiger partial charge is 0.415 e. The van der Waals surface area contributed by atoms with Crippen molar-refractivity contribution >= 4 is 29.4 Å². The molecule has 1 heterocycles. The molecular formula is C10H17N3O3S2. The van der Waals surface area contributed by atoms with Crippen LogP contribution in [0.15, 0.2) is 9.64 Å². The first-order valence-corrected chi connectivity index (χ1v) is 7.76. The minimum absolute atomic E-state index is 0.00200. The number of methoxy groups -OCH3 is 1. The Balaban J connectivity index is 2.28. The summed E-state index contributed by atoms with van der Waals surface area (Å²) in [6.07, 6.45) is 1.96. The highest BCUT2D eigenvalue weighted by Crippen LogP contribution is 2.17. The van der Waals surface area contributed by atoms with Gasteiger partial charge in [0.25, 0.3) is 5.22 Å². The molecule has 0 fully saturated rings. The van der Waals surface area contributed by atoms with Crippen molar-refractivity contribution in [3.05, 3.63) is 5.89 Å². The molecule has 18 heavy (non-hydrogen) atoms. The van der Waals surface area contributed by atoms with Crippen LogP contribution in [0.25, 0.3) is 0 Å². The number of ether oxygens (including phenoxy) is 1. The standard InChI is InChI=1S/C10H17N3O3S2/c1-7(4-15-2)11-8(14)5-18-10-13-12-9(16-10)6-17-3/h7H,4-6H2,1-3H3,(H,11,14). The molecule has 1 aromatic heterocycles. The van der Waals surface area contributed by atoms with Crippen LogP contribution in [0.3, 0.4) is 0 Å². The molecule has 1 rings (SSSR count). The molecule has 0 aliphatic carbocycles. The van der Waals surface area contributed by atoms with E-state index >= 15 is 0 Å². The van der Waals surface area contributed by atoms with Gasteiger partial charge in [0.1, 0.15) is 0 Å². The van der Waals surface area contributed by atoms with Gasteiger partial charge in [-0.1, -0.05) is 11.8 Å². The van der Waals surface area contributed by atoms with Crippen molar-refractivity contribution in [1.29, 1.82) is 0 Å². The predicted octanol–water partition coefficient (Wildman–Crippen LogP) is 1.18. The highest BCUT2D eigenvalue weighted by molar-refractivity contribution is 7.99. The van der Waals surface area contributed by atoms with E-state index in [0.29, 0.717) is 23.5 Å². The van der Waals surface area contributed by atoms with Gasteiger partial charge < -0.3 is 14.5 Å². The van der Waals surface area contributed by atoms with E-state index in [0.717, 1.165) is 0 Å². The van der Waals surface area contributed by atoms with E-state index in [1.54, 1.807) is 18.9 Å². The fourth-order valence-electron chi connectivity index (χ4n) is 1.21. The van der Waals surface area contributed by atoms with Crippen LogP contribution in [-0.2, 0) is 15.3 Å². The fourth-order valence-corrected chi connectivity index (χ4v) is 2.17. The summed E-state index contributed by atoms with van der Waals surface area (Å²) in [5.74, 6) is 1.45. The lowest BCUT2D eigenvalue weighted by atomic mass is 10.3. The Morgan fingerprint density at radius 2 is 2.33 bits per heavy atom. The number of hydrogen-bond acceptors (Lipinski definition) is 7. The molecule has 0 radical (unpaired) electrons. The van der Waals surface area contributed by atoms with Crippen LogP contribution < -0.4 is 5.32 Å². The quantitative estimate of drug-likeness (QED) is 0.720. The SMILES string of the molecule is COCC(C)NC(=O)CSc1nnc(CSC)o1. The third-order valence-corrected chi connectivity index (χ3v) is 3.22. The number of carbonyl (C=O) groups is 1. The molecule has 0 spiro atoms. The van der Waals surface area contributed by atoms with Gasteiger partial charge in [-0.2, -0.15) is 11.8 Å². The number of thioether (sulfide) groups is 2. The maximum Gasteiger partial charge on any atom is 0.277 e. The van der Waals surface area contributed by atoms with Crippen molar-refractivity contribution in [3.63, 3.8) is 0 Å². The average Bonchev–Trinajstić information content (AvgIpc) is 2.75. The summed E-state index contributed by atoms with van der Waals surface area (Å²) in [4.78, 5) is 11.6. The van der Waals surface area contributed by atoms with Gasteiger partial charge in [-0.25, -0.2) is 0 Å². The lowest BCUT2D eigenvalue weighted by Gasteiger charge is -2.11. The molecule has 1 amide bonds. The molecule has 0 aliphatic rings. The molecule has 0 aliphatic heterocycles. The maximum absolute atomic E-state index is 11.6. The second-order valence-corrected chi connectivity index (χ2v) is 5.40. The highest BCUT2D eigenvalue weighted by atomic mass is 32.2. The normalized spacial score (nSPS) is 12.4. The van der Waals surface area contributed by atoms with Gasteiger partial charge in [0.05, 0.1) is 18.1 Å². The van der Waals surface area contributed by atoms with Crippen LogP contribution in [-0.4, -0.2) is 47.9 Å². The Hall–Kier alpha value is -0.730. The molecule has 0 bridgehead atoms. The average molecular weight is 291 g/mol. The van der Waals surface area contributed by atoms with Crippen molar-refractivity contribution in [2.24, 2.45) is 0 Å². The summed E-state index contributed by atoms with van der Waals surface area (Å²) in [5.41, 5.74) is 0. The number of aromatic nitrogens is 2. The summed E-state index contributed by atoms with van der Waals surface area (Å²) in [5, 5.41) is 10.9. The Bertz CT molecular complexity index is 373. The number of nitrogens with one attached hydrogen (secondary N) is 1. The number of carbonyl (C=O) groups excluding carboxylic acids is 1. The Morgan fingerprint density at radius 1 is 1.56 bits per heavy atom. The monoisotopic (exact) mass is 291 g/mol. The maximum atomic E-state index is 11.6. The van der Waals surface area contributed by atoms with Crippen LogP contribution in [0, 0.1) is 0 Å². The molecule has 102 valence electrons. The summed E-state index contributed by atoms with van der Waals surface area (Å²) in [6, 6.07) is -0.00200. The molecule has 6 nitrogen and oxygen atoms in total. The molecule has 1 atom stereocenters. The smallest absolute Gasteiger partial charge is 0.277 e. The summed E-state index contributed by atoms with van der Waals surface area (Å²) >= 11 is 2.84. The van der Waals surface area contributed by atoms with Crippen molar-refractivity contribution in [2.45, 2.75) is 23.9 Å². The topological polar surface area (TPSA) is 77.2 Å². The molecule has 0 saturated carbocycles. The zero-order valence-corrected chi connectivity index (χ0v) is 12.3. The van der Waals surface area contributed by atoms with E-state index in [4.69, 9.17) is 9.15 Å². The first kappa shape index (κ1) is 15.3. The van der Waals surface area contributed by atoms with Crippen LogP contribution >= 0.6 is 23.5 Å².